The van der Waals surface area contributed by atoms with Gasteiger partial charge in [-0.05, 0) is 42.7 Å². The van der Waals surface area contributed by atoms with E-state index < -0.39 is 9.05 Å². The first-order chi connectivity index (χ1) is 7.54. The van der Waals surface area contributed by atoms with Gasteiger partial charge in [-0.1, -0.05) is 0 Å². The number of hydrogen-bond donors (Lipinski definition) is 0. The molecule has 0 amide bonds. The van der Waals surface area contributed by atoms with Gasteiger partial charge in [-0.25, -0.2) is 8.42 Å². The highest BCUT2D eigenvalue weighted by atomic mass is 35.7. The third-order valence-electron chi connectivity index (χ3n) is 1.87. The van der Waals surface area contributed by atoms with Crippen LogP contribution in [0.15, 0.2) is 29.2 Å². The molecule has 0 unspecified atom stereocenters. The predicted octanol–water partition coefficient (Wildman–Crippen LogP) is 2.75. The molecule has 6 heteroatoms. The zero-order valence-corrected chi connectivity index (χ0v) is 11.2. The molecule has 0 radical (unpaired) electrons. The second kappa shape index (κ2) is 6.37. The first-order valence-corrected chi connectivity index (χ1v) is 8.41. The van der Waals surface area contributed by atoms with E-state index in [1.807, 2.05) is 6.26 Å². The van der Waals surface area contributed by atoms with Crippen LogP contribution in [0, 0.1) is 0 Å². The van der Waals surface area contributed by atoms with Crippen molar-refractivity contribution in [1.29, 1.82) is 0 Å². The average molecular weight is 281 g/mol. The molecular weight excluding hydrogens is 268 g/mol. The number of rotatable bonds is 6. The lowest BCUT2D eigenvalue weighted by Gasteiger charge is -2.05. The Morgan fingerprint density at radius 3 is 2.44 bits per heavy atom. The summed E-state index contributed by atoms with van der Waals surface area (Å²) < 4.78 is 27.4. The molecule has 0 heterocycles. The normalized spacial score (nSPS) is 11.4. The largest absolute Gasteiger partial charge is 0.494 e. The summed E-state index contributed by atoms with van der Waals surface area (Å²) in [5.74, 6) is 1.71. The van der Waals surface area contributed by atoms with Crippen molar-refractivity contribution in [2.75, 3.05) is 18.6 Å². The third kappa shape index (κ3) is 4.63. The highest BCUT2D eigenvalue weighted by Crippen LogP contribution is 2.19. The van der Waals surface area contributed by atoms with Crippen molar-refractivity contribution in [1.82, 2.24) is 0 Å². The van der Waals surface area contributed by atoms with Gasteiger partial charge in [0.05, 0.1) is 11.5 Å². The zero-order valence-electron chi connectivity index (χ0n) is 8.85. The van der Waals surface area contributed by atoms with E-state index in [4.69, 9.17) is 15.4 Å². The molecule has 0 atom stereocenters. The summed E-state index contributed by atoms with van der Waals surface area (Å²) in [6.45, 7) is 0.633. The molecule has 0 aliphatic rings. The van der Waals surface area contributed by atoms with Crippen LogP contribution in [0.3, 0.4) is 0 Å². The van der Waals surface area contributed by atoms with Gasteiger partial charge in [0.15, 0.2) is 0 Å². The Kier molecular flexibility index (Phi) is 5.44. The second-order valence-electron chi connectivity index (χ2n) is 3.10. The van der Waals surface area contributed by atoms with Gasteiger partial charge in [0.25, 0.3) is 9.05 Å². The Morgan fingerprint density at radius 2 is 1.94 bits per heavy atom. The molecule has 0 aliphatic heterocycles. The van der Waals surface area contributed by atoms with Gasteiger partial charge in [0.2, 0.25) is 0 Å². The first-order valence-electron chi connectivity index (χ1n) is 4.70. The van der Waals surface area contributed by atoms with Crippen LogP contribution in [0.2, 0.25) is 0 Å². The van der Waals surface area contributed by atoms with E-state index in [2.05, 4.69) is 0 Å². The summed E-state index contributed by atoms with van der Waals surface area (Å²) in [6, 6.07) is 6.08. The number of halogens is 1. The van der Waals surface area contributed by atoms with Gasteiger partial charge in [0, 0.05) is 10.7 Å². The van der Waals surface area contributed by atoms with Crippen LogP contribution in [0.1, 0.15) is 6.42 Å². The minimum absolute atomic E-state index is 0.0885. The van der Waals surface area contributed by atoms with Crippen LogP contribution in [0.25, 0.3) is 0 Å². The Morgan fingerprint density at radius 1 is 1.31 bits per heavy atom. The Labute approximate surface area is 105 Å². The maximum Gasteiger partial charge on any atom is 0.261 e. The van der Waals surface area contributed by atoms with E-state index in [1.165, 1.54) is 12.1 Å². The molecule has 0 saturated heterocycles. The van der Waals surface area contributed by atoms with Crippen LogP contribution < -0.4 is 4.74 Å². The van der Waals surface area contributed by atoms with Gasteiger partial charge in [-0.2, -0.15) is 11.8 Å². The molecule has 0 N–H and O–H groups in total. The molecule has 1 aromatic rings. The monoisotopic (exact) mass is 280 g/mol. The lowest BCUT2D eigenvalue weighted by Crippen LogP contribution is -1.99. The van der Waals surface area contributed by atoms with Crippen molar-refractivity contribution < 1.29 is 13.2 Å². The summed E-state index contributed by atoms with van der Waals surface area (Å²) in [7, 11) is 1.55. The number of hydrogen-bond acceptors (Lipinski definition) is 4. The van der Waals surface area contributed by atoms with Gasteiger partial charge >= 0.3 is 0 Å². The topological polar surface area (TPSA) is 43.4 Å². The molecule has 0 bridgehead atoms. The second-order valence-corrected chi connectivity index (χ2v) is 6.66. The Hall–Kier alpha value is -0.390. The molecule has 90 valence electrons. The molecule has 1 rings (SSSR count). The maximum absolute atomic E-state index is 11.0. The lowest BCUT2D eigenvalue weighted by molar-refractivity contribution is 0.318. The summed E-state index contributed by atoms with van der Waals surface area (Å²) in [5.41, 5.74) is 0. The molecule has 0 fully saturated rings. The van der Waals surface area contributed by atoms with Gasteiger partial charge < -0.3 is 4.74 Å². The van der Waals surface area contributed by atoms with Gasteiger partial charge in [-0.15, -0.1) is 0 Å². The van der Waals surface area contributed by atoms with E-state index in [1.54, 1.807) is 23.9 Å². The molecular formula is C10H13ClO3S2. The SMILES string of the molecule is CSCCCOc1ccc(S(=O)(=O)Cl)cc1. The van der Waals surface area contributed by atoms with E-state index in [-0.39, 0.29) is 4.90 Å². The van der Waals surface area contributed by atoms with Crippen molar-refractivity contribution in [2.45, 2.75) is 11.3 Å². The zero-order chi connectivity index (χ0) is 12.0. The number of thioether (sulfide) groups is 1. The molecule has 16 heavy (non-hydrogen) atoms. The summed E-state index contributed by atoms with van der Waals surface area (Å²) >= 11 is 1.77. The number of benzene rings is 1. The van der Waals surface area contributed by atoms with Crippen molar-refractivity contribution in [3.05, 3.63) is 24.3 Å². The maximum atomic E-state index is 11.0. The predicted molar refractivity (Wildman–Crippen MR) is 68.0 cm³/mol. The number of ether oxygens (including phenoxy) is 1. The fourth-order valence-corrected chi connectivity index (χ4v) is 2.27. The highest BCUT2D eigenvalue weighted by Gasteiger charge is 2.08. The van der Waals surface area contributed by atoms with Crippen molar-refractivity contribution in [2.24, 2.45) is 0 Å². The summed E-state index contributed by atoms with van der Waals surface area (Å²) in [6.07, 6.45) is 3.01. The van der Waals surface area contributed by atoms with Crippen LogP contribution in [0.5, 0.6) is 5.75 Å². The fraction of sp³-hybridized carbons (Fsp3) is 0.400. The van der Waals surface area contributed by atoms with Crippen molar-refractivity contribution >= 4 is 31.5 Å². The highest BCUT2D eigenvalue weighted by molar-refractivity contribution is 8.13. The Bertz CT molecular complexity index is 414. The quantitative estimate of drug-likeness (QED) is 0.594. The van der Waals surface area contributed by atoms with Crippen molar-refractivity contribution in [3.63, 3.8) is 0 Å². The van der Waals surface area contributed by atoms with E-state index in [9.17, 15) is 8.42 Å². The summed E-state index contributed by atoms with van der Waals surface area (Å²) in [5, 5.41) is 0. The van der Waals surface area contributed by atoms with Crippen LogP contribution in [-0.4, -0.2) is 27.0 Å². The lowest BCUT2D eigenvalue weighted by atomic mass is 10.3. The fourth-order valence-electron chi connectivity index (χ4n) is 1.09. The Balaban J connectivity index is 2.52. The molecule has 0 aliphatic carbocycles. The average Bonchev–Trinajstić information content (AvgIpc) is 2.24. The van der Waals surface area contributed by atoms with Gasteiger partial charge in [-0.3, -0.25) is 0 Å². The molecule has 0 spiro atoms. The van der Waals surface area contributed by atoms with Crippen molar-refractivity contribution in [3.8, 4) is 5.75 Å². The summed E-state index contributed by atoms with van der Waals surface area (Å²) in [4.78, 5) is 0.0885. The standard InChI is InChI=1S/C10H13ClO3S2/c1-15-8-2-7-14-9-3-5-10(6-4-9)16(11,12)13/h3-6H,2,7-8H2,1H3. The third-order valence-corrected chi connectivity index (χ3v) is 3.93. The van der Waals surface area contributed by atoms with Crippen LogP contribution in [0.4, 0.5) is 0 Å². The van der Waals surface area contributed by atoms with E-state index >= 15 is 0 Å². The van der Waals surface area contributed by atoms with Crippen LogP contribution >= 0.6 is 22.4 Å². The van der Waals surface area contributed by atoms with Crippen LogP contribution in [-0.2, 0) is 9.05 Å². The molecule has 0 saturated carbocycles. The van der Waals surface area contributed by atoms with E-state index in [0.29, 0.717) is 12.4 Å². The minimum Gasteiger partial charge on any atom is -0.494 e. The van der Waals surface area contributed by atoms with Gasteiger partial charge in [0.1, 0.15) is 5.75 Å². The molecule has 3 nitrogen and oxygen atoms in total. The molecule has 0 aromatic heterocycles. The van der Waals surface area contributed by atoms with E-state index in [0.717, 1.165) is 12.2 Å². The first kappa shape index (κ1) is 13.7. The smallest absolute Gasteiger partial charge is 0.261 e. The molecule has 1 aromatic carbocycles. The minimum atomic E-state index is -3.64.